The Hall–Kier alpha value is -3.84. The number of ether oxygens (including phenoxy) is 1. The molecule has 0 aliphatic rings. The van der Waals surface area contributed by atoms with E-state index in [2.05, 4.69) is 5.32 Å². The van der Waals surface area contributed by atoms with Gasteiger partial charge in [0.25, 0.3) is 5.91 Å². The Bertz CT molecular complexity index is 1290. The average Bonchev–Trinajstić information content (AvgIpc) is 3.23. The molecule has 1 heterocycles. The summed E-state index contributed by atoms with van der Waals surface area (Å²) in [6.45, 7) is 0.590. The van der Waals surface area contributed by atoms with E-state index in [1.54, 1.807) is 36.2 Å². The van der Waals surface area contributed by atoms with E-state index in [1.165, 1.54) is 0 Å². The summed E-state index contributed by atoms with van der Waals surface area (Å²) in [5.41, 5.74) is 2.60. The van der Waals surface area contributed by atoms with Crippen LogP contribution in [0.25, 0.3) is 11.0 Å². The maximum Gasteiger partial charge on any atom is 0.257 e. The zero-order valence-electron chi connectivity index (χ0n) is 19.5. The number of fused-ring (bicyclic) bond motifs is 1. The van der Waals surface area contributed by atoms with Gasteiger partial charge in [0.2, 0.25) is 5.91 Å². The third kappa shape index (κ3) is 6.39. The van der Waals surface area contributed by atoms with Crippen LogP contribution in [0.5, 0.6) is 5.75 Å². The van der Waals surface area contributed by atoms with Crippen molar-refractivity contribution in [3.63, 3.8) is 0 Å². The number of nitrogens with one attached hydrogen (secondary N) is 1. The van der Waals surface area contributed by atoms with Gasteiger partial charge in [-0.1, -0.05) is 41.9 Å². The van der Waals surface area contributed by atoms with Gasteiger partial charge in [0.15, 0.2) is 6.61 Å². The second kappa shape index (κ2) is 11.5. The highest BCUT2D eigenvalue weighted by molar-refractivity contribution is 6.30. The summed E-state index contributed by atoms with van der Waals surface area (Å²) in [6, 6.07) is 24.2. The Morgan fingerprint density at radius 2 is 1.71 bits per heavy atom. The quantitative estimate of drug-likeness (QED) is 0.332. The number of aryl methyl sites for hydroxylation is 1. The fraction of sp³-hybridized carbons (Fsp3) is 0.222. The van der Waals surface area contributed by atoms with Crippen molar-refractivity contribution in [2.24, 2.45) is 0 Å². The number of imidazole rings is 1. The van der Waals surface area contributed by atoms with Crippen LogP contribution in [0.15, 0.2) is 78.9 Å². The average molecular weight is 491 g/mol. The van der Waals surface area contributed by atoms with Crippen LogP contribution >= 0.6 is 11.6 Å². The molecule has 180 valence electrons. The van der Waals surface area contributed by atoms with Crippen LogP contribution in [0.3, 0.4) is 0 Å². The van der Waals surface area contributed by atoms with Gasteiger partial charge < -0.3 is 19.5 Å². The molecule has 0 radical (unpaired) electrons. The zero-order chi connectivity index (χ0) is 24.6. The summed E-state index contributed by atoms with van der Waals surface area (Å²) >= 11 is 5.85. The van der Waals surface area contributed by atoms with Crippen LogP contribution in [0.1, 0.15) is 12.2 Å². The lowest BCUT2D eigenvalue weighted by atomic mass is 10.2. The molecular weight excluding hydrogens is 464 g/mol. The monoisotopic (exact) mass is 490 g/mol. The molecule has 1 N–H and O–H groups in total. The number of aromatic nitrogens is 2. The van der Waals surface area contributed by atoms with Crippen LogP contribution < -0.4 is 15.0 Å². The predicted octanol–water partition coefficient (Wildman–Crippen LogP) is 4.48. The third-order valence-corrected chi connectivity index (χ3v) is 5.88. The molecule has 4 rings (SSSR count). The number of para-hydroxylation sites is 3. The summed E-state index contributed by atoms with van der Waals surface area (Å²) in [6.07, 6.45) is 1.30. The lowest BCUT2D eigenvalue weighted by Gasteiger charge is -2.18. The largest absolute Gasteiger partial charge is 0.484 e. The van der Waals surface area contributed by atoms with Crippen molar-refractivity contribution in [1.29, 1.82) is 0 Å². The van der Waals surface area contributed by atoms with E-state index in [-0.39, 0.29) is 25.0 Å². The third-order valence-electron chi connectivity index (χ3n) is 5.63. The highest BCUT2D eigenvalue weighted by atomic mass is 35.5. The lowest BCUT2D eigenvalue weighted by molar-refractivity contribution is -0.123. The molecule has 8 heteroatoms. The highest BCUT2D eigenvalue weighted by Crippen LogP contribution is 2.19. The van der Waals surface area contributed by atoms with Crippen molar-refractivity contribution < 1.29 is 14.3 Å². The molecule has 1 aromatic heterocycles. The SMILES string of the molecule is CN(C(=O)Cn1c(CCCNC(=O)COc2ccc(Cl)cc2)nc2ccccc21)c1ccccc1. The number of halogens is 1. The molecule has 0 spiro atoms. The number of hydrogen-bond acceptors (Lipinski definition) is 4. The second-order valence-electron chi connectivity index (χ2n) is 8.09. The second-order valence-corrected chi connectivity index (χ2v) is 8.52. The van der Waals surface area contributed by atoms with E-state index in [0.717, 1.165) is 22.5 Å². The van der Waals surface area contributed by atoms with Gasteiger partial charge in [0.05, 0.1) is 11.0 Å². The molecule has 0 aliphatic heterocycles. The van der Waals surface area contributed by atoms with Crippen LogP contribution in [-0.4, -0.2) is 41.6 Å². The molecule has 0 fully saturated rings. The van der Waals surface area contributed by atoms with Crippen molar-refractivity contribution in [2.75, 3.05) is 25.1 Å². The first-order chi connectivity index (χ1) is 17.0. The Balaban J connectivity index is 1.34. The molecule has 0 atom stereocenters. The van der Waals surface area contributed by atoms with Gasteiger partial charge in [0.1, 0.15) is 18.1 Å². The number of hydrogen-bond donors (Lipinski definition) is 1. The summed E-state index contributed by atoms with van der Waals surface area (Å²) in [5.74, 6) is 1.16. The molecule has 35 heavy (non-hydrogen) atoms. The van der Waals surface area contributed by atoms with E-state index >= 15 is 0 Å². The van der Waals surface area contributed by atoms with Gasteiger partial charge in [-0.2, -0.15) is 0 Å². The van der Waals surface area contributed by atoms with Gasteiger partial charge in [-0.3, -0.25) is 9.59 Å². The molecule has 2 amide bonds. The standard InChI is InChI=1S/C27H27ClN4O3/c1-31(21-8-3-2-4-9-21)27(34)18-32-24-11-6-5-10-23(24)30-25(32)12-7-17-29-26(33)19-35-22-15-13-20(28)14-16-22/h2-6,8-11,13-16H,7,12,17-19H2,1H3,(H,29,33). The van der Waals surface area contributed by atoms with Crippen molar-refractivity contribution >= 4 is 40.1 Å². The first kappa shape index (κ1) is 24.3. The Labute approximate surface area is 209 Å². The summed E-state index contributed by atoms with van der Waals surface area (Å²) < 4.78 is 7.43. The van der Waals surface area contributed by atoms with Crippen LogP contribution in [0, 0.1) is 0 Å². The minimum Gasteiger partial charge on any atom is -0.484 e. The lowest BCUT2D eigenvalue weighted by Crippen LogP contribution is -2.31. The van der Waals surface area contributed by atoms with Crippen molar-refractivity contribution in [1.82, 2.24) is 14.9 Å². The summed E-state index contributed by atoms with van der Waals surface area (Å²) in [7, 11) is 1.78. The van der Waals surface area contributed by atoms with Gasteiger partial charge in [-0.05, 0) is 55.0 Å². The first-order valence-electron chi connectivity index (χ1n) is 11.4. The number of carbonyl (C=O) groups is 2. The van der Waals surface area contributed by atoms with Gasteiger partial charge >= 0.3 is 0 Å². The van der Waals surface area contributed by atoms with Crippen molar-refractivity contribution in [3.05, 3.63) is 89.7 Å². The molecule has 3 aromatic carbocycles. The normalized spacial score (nSPS) is 10.8. The number of amides is 2. The van der Waals surface area contributed by atoms with Crippen LogP contribution in [0.2, 0.25) is 5.02 Å². The van der Waals surface area contributed by atoms with E-state index in [4.69, 9.17) is 21.3 Å². The predicted molar refractivity (Wildman–Crippen MR) is 138 cm³/mol. The van der Waals surface area contributed by atoms with Crippen molar-refractivity contribution in [3.8, 4) is 5.75 Å². The molecule has 7 nitrogen and oxygen atoms in total. The van der Waals surface area contributed by atoms with E-state index in [9.17, 15) is 9.59 Å². The molecule has 0 unspecified atom stereocenters. The number of carbonyl (C=O) groups excluding carboxylic acids is 2. The van der Waals surface area contributed by atoms with E-state index in [0.29, 0.717) is 30.2 Å². The van der Waals surface area contributed by atoms with Gasteiger partial charge in [0, 0.05) is 30.7 Å². The molecule has 4 aromatic rings. The van der Waals surface area contributed by atoms with Gasteiger partial charge in [-0.25, -0.2) is 4.98 Å². The molecule has 0 saturated heterocycles. The van der Waals surface area contributed by atoms with E-state index < -0.39 is 0 Å². The summed E-state index contributed by atoms with van der Waals surface area (Å²) in [5, 5.41) is 3.48. The molecule has 0 bridgehead atoms. The number of benzene rings is 3. The van der Waals surface area contributed by atoms with Crippen LogP contribution in [0.4, 0.5) is 5.69 Å². The Kier molecular flexibility index (Phi) is 8.00. The Morgan fingerprint density at radius 3 is 2.49 bits per heavy atom. The maximum atomic E-state index is 13.0. The number of nitrogens with zero attached hydrogens (tertiary/aromatic N) is 3. The minimum atomic E-state index is -0.201. The maximum absolute atomic E-state index is 13.0. The zero-order valence-corrected chi connectivity index (χ0v) is 20.2. The fourth-order valence-electron chi connectivity index (χ4n) is 3.73. The number of anilines is 1. The van der Waals surface area contributed by atoms with Crippen molar-refractivity contribution in [2.45, 2.75) is 19.4 Å². The Morgan fingerprint density at radius 1 is 1.00 bits per heavy atom. The van der Waals surface area contributed by atoms with Gasteiger partial charge in [-0.15, -0.1) is 0 Å². The topological polar surface area (TPSA) is 76.5 Å². The molecular formula is C27H27ClN4O3. The highest BCUT2D eigenvalue weighted by Gasteiger charge is 2.17. The molecule has 0 aliphatic carbocycles. The van der Waals surface area contributed by atoms with E-state index in [1.807, 2.05) is 59.2 Å². The molecule has 0 saturated carbocycles. The number of likely N-dealkylation sites (N-methyl/N-ethyl adjacent to an activating group) is 1. The smallest absolute Gasteiger partial charge is 0.257 e. The van der Waals surface area contributed by atoms with Crippen LogP contribution in [-0.2, 0) is 22.6 Å². The minimum absolute atomic E-state index is 0.0340. The summed E-state index contributed by atoms with van der Waals surface area (Å²) in [4.78, 5) is 31.6. The fourth-order valence-corrected chi connectivity index (χ4v) is 3.86. The number of rotatable bonds is 10. The first-order valence-corrected chi connectivity index (χ1v) is 11.8.